The fourth-order valence-corrected chi connectivity index (χ4v) is 3.40. The van der Waals surface area contributed by atoms with Gasteiger partial charge in [-0.1, -0.05) is 0 Å². The molecule has 19 heavy (non-hydrogen) atoms. The molecule has 1 N–H and O–H groups in total. The maximum Gasteiger partial charge on any atom is 0.401 e. The average molecular weight is 280 g/mol. The summed E-state index contributed by atoms with van der Waals surface area (Å²) >= 11 is 0. The number of rotatable bonds is 4. The van der Waals surface area contributed by atoms with Gasteiger partial charge in [-0.05, 0) is 32.7 Å². The molecule has 2 heterocycles. The summed E-state index contributed by atoms with van der Waals surface area (Å²) in [6.07, 6.45) is -1.07. The fourth-order valence-electron chi connectivity index (χ4n) is 3.40. The Labute approximate surface area is 110 Å². The first-order valence-corrected chi connectivity index (χ1v) is 6.51. The van der Waals surface area contributed by atoms with Crippen LogP contribution in [0.15, 0.2) is 0 Å². The molecule has 2 saturated heterocycles. The highest BCUT2D eigenvalue weighted by molar-refractivity contribution is 5.69. The number of halogens is 3. The first-order valence-electron chi connectivity index (χ1n) is 6.51. The number of aliphatic carboxylic acids is 1. The zero-order chi connectivity index (χ0) is 14.2. The van der Waals surface area contributed by atoms with Crippen LogP contribution in [0.1, 0.15) is 25.7 Å². The smallest absolute Gasteiger partial charge is 0.401 e. The van der Waals surface area contributed by atoms with Crippen molar-refractivity contribution >= 4 is 5.97 Å². The first kappa shape index (κ1) is 14.6. The van der Waals surface area contributed by atoms with E-state index in [0.29, 0.717) is 24.9 Å². The molecule has 0 spiro atoms. The third-order valence-electron chi connectivity index (χ3n) is 4.31. The van der Waals surface area contributed by atoms with E-state index in [1.54, 1.807) is 0 Å². The summed E-state index contributed by atoms with van der Waals surface area (Å²) in [4.78, 5) is 14.1. The summed E-state index contributed by atoms with van der Waals surface area (Å²) in [5.74, 6) is -1.20. The number of carboxylic acids is 1. The minimum absolute atomic E-state index is 0.272. The maximum atomic E-state index is 12.6. The van der Waals surface area contributed by atoms with Gasteiger partial charge in [0.05, 0.1) is 13.1 Å². The molecule has 4 nitrogen and oxygen atoms in total. The summed E-state index contributed by atoms with van der Waals surface area (Å²) in [7, 11) is 2.00. The summed E-state index contributed by atoms with van der Waals surface area (Å²) in [6, 6.07) is 0.327. The van der Waals surface area contributed by atoms with Gasteiger partial charge in [0.2, 0.25) is 0 Å². The van der Waals surface area contributed by atoms with Crippen molar-refractivity contribution in [3.05, 3.63) is 0 Å². The van der Waals surface area contributed by atoms with Crippen molar-refractivity contribution in [3.8, 4) is 0 Å². The quantitative estimate of drug-likeness (QED) is 0.849. The molecule has 0 radical (unpaired) electrons. The van der Waals surface area contributed by atoms with Crippen molar-refractivity contribution < 1.29 is 23.1 Å². The van der Waals surface area contributed by atoms with E-state index in [1.165, 1.54) is 0 Å². The molecule has 0 aromatic rings. The monoisotopic (exact) mass is 280 g/mol. The molecule has 2 bridgehead atoms. The van der Waals surface area contributed by atoms with Gasteiger partial charge in [-0.25, -0.2) is 0 Å². The Morgan fingerprint density at radius 3 is 2.26 bits per heavy atom. The lowest BCUT2D eigenvalue weighted by atomic mass is 9.96. The van der Waals surface area contributed by atoms with Gasteiger partial charge in [-0.2, -0.15) is 13.2 Å². The predicted molar refractivity (Wildman–Crippen MR) is 62.9 cm³/mol. The number of carbonyl (C=O) groups is 1. The van der Waals surface area contributed by atoms with Crippen molar-refractivity contribution in [2.24, 2.45) is 0 Å². The van der Waals surface area contributed by atoms with Crippen LogP contribution in [0.2, 0.25) is 0 Å². The highest BCUT2D eigenvalue weighted by Gasteiger charge is 2.43. The minimum Gasteiger partial charge on any atom is -0.480 e. The predicted octanol–water partition coefficient (Wildman–Crippen LogP) is 1.56. The van der Waals surface area contributed by atoms with Gasteiger partial charge in [0.15, 0.2) is 0 Å². The van der Waals surface area contributed by atoms with Crippen LogP contribution in [0, 0.1) is 0 Å². The van der Waals surface area contributed by atoms with Crippen molar-refractivity contribution in [2.75, 3.05) is 20.1 Å². The van der Waals surface area contributed by atoms with Gasteiger partial charge >= 0.3 is 12.1 Å². The second kappa shape index (κ2) is 5.28. The van der Waals surface area contributed by atoms with Crippen LogP contribution in [-0.2, 0) is 4.79 Å². The highest BCUT2D eigenvalue weighted by Crippen LogP contribution is 2.36. The summed E-state index contributed by atoms with van der Waals surface area (Å²) < 4.78 is 37.7. The van der Waals surface area contributed by atoms with Crippen molar-refractivity contribution in [1.29, 1.82) is 0 Å². The van der Waals surface area contributed by atoms with Crippen LogP contribution in [0.25, 0.3) is 0 Å². The summed E-state index contributed by atoms with van der Waals surface area (Å²) in [6.45, 7) is -1.67. The highest BCUT2D eigenvalue weighted by atomic mass is 19.4. The molecule has 2 rings (SSSR count). The molecule has 0 aromatic carbocycles. The topological polar surface area (TPSA) is 43.8 Å². The van der Waals surface area contributed by atoms with Gasteiger partial charge in [0.25, 0.3) is 0 Å². The van der Waals surface area contributed by atoms with E-state index in [4.69, 9.17) is 5.11 Å². The summed E-state index contributed by atoms with van der Waals surface area (Å²) in [5, 5.41) is 8.79. The van der Waals surface area contributed by atoms with Crippen LogP contribution in [0.3, 0.4) is 0 Å². The number of fused-ring (bicyclic) bond motifs is 2. The molecular formula is C12H19F3N2O2. The molecule has 110 valence electrons. The third kappa shape index (κ3) is 3.60. The SMILES string of the molecule is CN1C2CCC1CC(N(CC(=O)O)CC(F)(F)F)C2. The number of carboxylic acid groups (broad SMARTS) is 1. The lowest BCUT2D eigenvalue weighted by molar-refractivity contribution is -0.160. The molecule has 2 aliphatic heterocycles. The Hall–Kier alpha value is -0.820. The van der Waals surface area contributed by atoms with Gasteiger partial charge in [-0.3, -0.25) is 9.69 Å². The number of nitrogens with zero attached hydrogens (tertiary/aromatic N) is 2. The van der Waals surface area contributed by atoms with E-state index in [0.717, 1.165) is 17.7 Å². The second-order valence-corrected chi connectivity index (χ2v) is 5.59. The summed E-state index contributed by atoms with van der Waals surface area (Å²) in [5.41, 5.74) is 0. The zero-order valence-electron chi connectivity index (χ0n) is 10.9. The zero-order valence-corrected chi connectivity index (χ0v) is 10.9. The van der Waals surface area contributed by atoms with Crippen molar-refractivity contribution in [1.82, 2.24) is 9.80 Å². The Bertz CT molecular complexity index is 334. The van der Waals surface area contributed by atoms with Crippen LogP contribution >= 0.6 is 0 Å². The molecule has 0 aliphatic carbocycles. The minimum atomic E-state index is -4.35. The molecule has 2 atom stereocenters. The molecule has 0 aromatic heterocycles. The van der Waals surface area contributed by atoms with E-state index in [1.807, 2.05) is 7.05 Å². The van der Waals surface area contributed by atoms with E-state index in [9.17, 15) is 18.0 Å². The Morgan fingerprint density at radius 1 is 1.32 bits per heavy atom. The normalized spacial score (nSPS) is 31.9. The molecule has 2 fully saturated rings. The van der Waals surface area contributed by atoms with Crippen LogP contribution in [0.5, 0.6) is 0 Å². The second-order valence-electron chi connectivity index (χ2n) is 5.59. The van der Waals surface area contributed by atoms with E-state index in [2.05, 4.69) is 4.90 Å². The van der Waals surface area contributed by atoms with Gasteiger partial charge in [0, 0.05) is 18.1 Å². The lowest BCUT2D eigenvalue weighted by Crippen LogP contribution is -2.52. The number of piperidine rings is 1. The lowest BCUT2D eigenvalue weighted by Gasteiger charge is -2.41. The fraction of sp³-hybridized carbons (Fsp3) is 0.917. The number of hydrogen-bond donors (Lipinski definition) is 1. The Morgan fingerprint density at radius 2 is 1.84 bits per heavy atom. The first-order chi connectivity index (χ1) is 8.76. The molecule has 0 saturated carbocycles. The van der Waals surface area contributed by atoms with Crippen molar-refractivity contribution in [3.63, 3.8) is 0 Å². The molecular weight excluding hydrogens is 261 g/mol. The molecule has 0 amide bonds. The Balaban J connectivity index is 2.04. The number of alkyl halides is 3. The average Bonchev–Trinajstić information content (AvgIpc) is 2.49. The molecule has 2 aliphatic rings. The van der Waals surface area contributed by atoms with E-state index < -0.39 is 25.2 Å². The number of hydrogen-bond acceptors (Lipinski definition) is 3. The largest absolute Gasteiger partial charge is 0.480 e. The van der Waals surface area contributed by atoms with E-state index in [-0.39, 0.29) is 6.04 Å². The molecule has 2 unspecified atom stereocenters. The van der Waals surface area contributed by atoms with Gasteiger partial charge in [-0.15, -0.1) is 0 Å². The van der Waals surface area contributed by atoms with Crippen LogP contribution < -0.4 is 0 Å². The van der Waals surface area contributed by atoms with Crippen molar-refractivity contribution in [2.45, 2.75) is 50.0 Å². The van der Waals surface area contributed by atoms with Gasteiger partial charge in [0.1, 0.15) is 0 Å². The third-order valence-corrected chi connectivity index (χ3v) is 4.31. The van der Waals surface area contributed by atoms with Crippen LogP contribution in [-0.4, -0.2) is 65.3 Å². The molecule has 7 heteroatoms. The Kier molecular flexibility index (Phi) is 4.06. The standard InChI is InChI=1S/C12H19F3N2O2/c1-16-8-2-3-9(16)5-10(4-8)17(6-11(18)19)7-12(13,14)15/h8-10H,2-7H2,1H3,(H,18,19). The maximum absolute atomic E-state index is 12.6. The van der Waals surface area contributed by atoms with Gasteiger partial charge < -0.3 is 10.0 Å². The van der Waals surface area contributed by atoms with Crippen LogP contribution in [0.4, 0.5) is 13.2 Å². The van der Waals surface area contributed by atoms with E-state index >= 15 is 0 Å².